The van der Waals surface area contributed by atoms with E-state index in [2.05, 4.69) is 14.8 Å². The Balaban J connectivity index is 1.52. The number of ether oxygens (including phenoxy) is 2. The van der Waals surface area contributed by atoms with Crippen LogP contribution in [-0.2, 0) is 11.3 Å². The van der Waals surface area contributed by atoms with Crippen molar-refractivity contribution in [3.05, 3.63) is 46.3 Å². The molecule has 29 heavy (non-hydrogen) atoms. The van der Waals surface area contributed by atoms with Gasteiger partial charge in [0.2, 0.25) is 0 Å². The Labute approximate surface area is 182 Å². The van der Waals surface area contributed by atoms with E-state index in [0.717, 1.165) is 35.3 Å². The summed E-state index contributed by atoms with van der Waals surface area (Å²) in [6.45, 7) is 1.48. The Kier molecular flexibility index (Phi) is 6.54. The first-order valence-electron chi connectivity index (χ1n) is 9.24. The maximum Gasteiger partial charge on any atom is 0.192 e. The minimum Gasteiger partial charge on any atom is -0.495 e. The molecule has 0 N–H and O–H groups in total. The summed E-state index contributed by atoms with van der Waals surface area (Å²) in [5.74, 6) is 1.59. The lowest BCUT2D eigenvalue weighted by atomic mass is 10.1. The highest BCUT2D eigenvalue weighted by Crippen LogP contribution is 2.30. The third kappa shape index (κ3) is 4.66. The molecule has 9 heteroatoms. The Bertz CT molecular complexity index is 985. The number of ketones is 1. The van der Waals surface area contributed by atoms with Gasteiger partial charge in [0.25, 0.3) is 0 Å². The van der Waals surface area contributed by atoms with E-state index >= 15 is 0 Å². The second-order valence-electron chi connectivity index (χ2n) is 6.59. The van der Waals surface area contributed by atoms with Crippen LogP contribution in [0.3, 0.4) is 0 Å². The Morgan fingerprint density at radius 2 is 2.31 bits per heavy atom. The monoisotopic (exact) mass is 449 g/mol. The van der Waals surface area contributed by atoms with Crippen LogP contribution in [-0.4, -0.2) is 46.1 Å². The van der Waals surface area contributed by atoms with Crippen molar-refractivity contribution in [2.75, 3.05) is 19.5 Å². The summed E-state index contributed by atoms with van der Waals surface area (Å²) in [7, 11) is 1.55. The van der Waals surface area contributed by atoms with Gasteiger partial charge < -0.3 is 9.47 Å². The van der Waals surface area contributed by atoms with E-state index in [1.165, 1.54) is 11.8 Å². The van der Waals surface area contributed by atoms with Crippen molar-refractivity contribution >= 4 is 40.5 Å². The van der Waals surface area contributed by atoms with Crippen molar-refractivity contribution in [1.29, 1.82) is 0 Å². The van der Waals surface area contributed by atoms with Crippen LogP contribution in [0.25, 0.3) is 10.7 Å². The third-order valence-corrected chi connectivity index (χ3v) is 6.80. The van der Waals surface area contributed by atoms with E-state index in [-0.39, 0.29) is 17.6 Å². The molecule has 1 aliphatic heterocycles. The second-order valence-corrected chi connectivity index (χ2v) is 8.89. The average Bonchev–Trinajstić information content (AvgIpc) is 3.49. The zero-order valence-corrected chi connectivity index (χ0v) is 18.2. The van der Waals surface area contributed by atoms with Crippen LogP contribution < -0.4 is 4.74 Å². The number of rotatable bonds is 8. The van der Waals surface area contributed by atoms with Crippen LogP contribution in [0.4, 0.5) is 0 Å². The van der Waals surface area contributed by atoms with Crippen LogP contribution in [0.5, 0.6) is 5.75 Å². The standard InChI is InChI=1S/C20H20ClN3O3S2/c1-26-17-7-6-13(10-15(17)21)16(25)12-29-20-23-22-19(18-5-3-9-28-18)24(20)11-14-4-2-8-27-14/h3,5-7,9-10,14H,2,4,8,11-12H2,1H3. The van der Waals surface area contributed by atoms with Crippen LogP contribution in [0.2, 0.25) is 5.02 Å². The molecule has 4 rings (SSSR count). The SMILES string of the molecule is COc1ccc(C(=O)CSc2nnc(-c3cccs3)n2CC2CCCO2)cc1Cl. The first kappa shape index (κ1) is 20.4. The van der Waals surface area contributed by atoms with Crippen LogP contribution in [0.1, 0.15) is 23.2 Å². The predicted octanol–water partition coefficient (Wildman–Crippen LogP) is 4.82. The lowest BCUT2D eigenvalue weighted by Crippen LogP contribution is -2.17. The molecular weight excluding hydrogens is 430 g/mol. The molecule has 1 aromatic carbocycles. The van der Waals surface area contributed by atoms with Crippen LogP contribution in [0.15, 0.2) is 40.9 Å². The molecule has 0 amide bonds. The predicted molar refractivity (Wildman–Crippen MR) is 115 cm³/mol. The lowest BCUT2D eigenvalue weighted by molar-refractivity contribution is 0.0953. The number of methoxy groups -OCH3 is 1. The molecule has 1 aliphatic rings. The van der Waals surface area contributed by atoms with Crippen molar-refractivity contribution in [3.63, 3.8) is 0 Å². The van der Waals surface area contributed by atoms with Gasteiger partial charge in [0.1, 0.15) is 5.75 Å². The maximum absolute atomic E-state index is 12.7. The topological polar surface area (TPSA) is 66.2 Å². The third-order valence-electron chi connectivity index (χ3n) is 4.67. The molecule has 1 saturated heterocycles. The van der Waals surface area contributed by atoms with Crippen molar-refractivity contribution in [2.24, 2.45) is 0 Å². The van der Waals surface area contributed by atoms with Gasteiger partial charge in [-0.1, -0.05) is 29.4 Å². The van der Waals surface area contributed by atoms with E-state index in [0.29, 0.717) is 22.9 Å². The van der Waals surface area contributed by atoms with E-state index in [4.69, 9.17) is 21.1 Å². The molecule has 0 aliphatic carbocycles. The normalized spacial score (nSPS) is 16.3. The second kappa shape index (κ2) is 9.30. The number of nitrogens with zero attached hydrogens (tertiary/aromatic N) is 3. The highest BCUT2D eigenvalue weighted by molar-refractivity contribution is 7.99. The van der Waals surface area contributed by atoms with Gasteiger partial charge in [-0.3, -0.25) is 9.36 Å². The largest absolute Gasteiger partial charge is 0.495 e. The number of carbonyl (C=O) groups excluding carboxylic acids is 1. The molecule has 0 bridgehead atoms. The van der Waals surface area contributed by atoms with Crippen molar-refractivity contribution in [3.8, 4) is 16.5 Å². The number of thioether (sulfide) groups is 1. The van der Waals surface area contributed by atoms with Gasteiger partial charge in [0, 0.05) is 12.2 Å². The van der Waals surface area contributed by atoms with Gasteiger partial charge in [-0.05, 0) is 42.5 Å². The highest BCUT2D eigenvalue weighted by Gasteiger charge is 2.23. The Morgan fingerprint density at radius 3 is 3.00 bits per heavy atom. The molecule has 1 fully saturated rings. The molecule has 3 aromatic rings. The summed E-state index contributed by atoms with van der Waals surface area (Å²) in [6.07, 6.45) is 2.25. The molecule has 1 unspecified atom stereocenters. The Hall–Kier alpha value is -1.87. The molecule has 0 spiro atoms. The molecule has 1 atom stereocenters. The summed E-state index contributed by atoms with van der Waals surface area (Å²) in [5.41, 5.74) is 0.548. The summed E-state index contributed by atoms with van der Waals surface area (Å²) in [5, 5.41) is 11.9. The van der Waals surface area contributed by atoms with E-state index in [1.807, 2.05) is 17.5 Å². The fourth-order valence-electron chi connectivity index (χ4n) is 3.19. The molecule has 6 nitrogen and oxygen atoms in total. The minimum atomic E-state index is -0.0242. The smallest absolute Gasteiger partial charge is 0.192 e. The Morgan fingerprint density at radius 1 is 1.41 bits per heavy atom. The molecule has 152 valence electrons. The van der Waals surface area contributed by atoms with Gasteiger partial charge in [-0.2, -0.15) is 0 Å². The van der Waals surface area contributed by atoms with Gasteiger partial charge in [-0.15, -0.1) is 21.5 Å². The molecule has 0 radical (unpaired) electrons. The van der Waals surface area contributed by atoms with Crippen molar-refractivity contribution in [2.45, 2.75) is 30.6 Å². The van der Waals surface area contributed by atoms with Gasteiger partial charge in [0.05, 0.1) is 35.4 Å². The maximum atomic E-state index is 12.7. The zero-order chi connectivity index (χ0) is 20.2. The van der Waals surface area contributed by atoms with Gasteiger partial charge >= 0.3 is 0 Å². The molecule has 0 saturated carbocycles. The number of thiophene rings is 1. The number of Topliss-reactive ketones (excluding diaryl/α,β-unsaturated/α-hetero) is 1. The fourth-order valence-corrected chi connectivity index (χ4v) is 5.01. The molecule has 2 aromatic heterocycles. The van der Waals surface area contributed by atoms with Crippen LogP contribution in [0, 0.1) is 0 Å². The number of benzene rings is 1. The summed E-state index contributed by atoms with van der Waals surface area (Å²) in [6, 6.07) is 9.09. The first-order chi connectivity index (χ1) is 14.2. The molecular formula is C20H20ClN3O3S2. The van der Waals surface area contributed by atoms with Gasteiger partial charge in [0.15, 0.2) is 16.8 Å². The van der Waals surface area contributed by atoms with E-state index in [1.54, 1.807) is 36.6 Å². The summed E-state index contributed by atoms with van der Waals surface area (Å²) >= 11 is 9.15. The number of aromatic nitrogens is 3. The van der Waals surface area contributed by atoms with Gasteiger partial charge in [-0.25, -0.2) is 0 Å². The van der Waals surface area contributed by atoms with Crippen molar-refractivity contribution in [1.82, 2.24) is 14.8 Å². The van der Waals surface area contributed by atoms with Crippen molar-refractivity contribution < 1.29 is 14.3 Å². The number of carbonyl (C=O) groups is 1. The summed E-state index contributed by atoms with van der Waals surface area (Å²) in [4.78, 5) is 13.7. The van der Waals surface area contributed by atoms with E-state index < -0.39 is 0 Å². The van der Waals surface area contributed by atoms with Crippen LogP contribution >= 0.6 is 34.7 Å². The summed E-state index contributed by atoms with van der Waals surface area (Å²) < 4.78 is 13.0. The number of hydrogen-bond donors (Lipinski definition) is 0. The zero-order valence-electron chi connectivity index (χ0n) is 15.8. The highest BCUT2D eigenvalue weighted by atomic mass is 35.5. The molecule has 3 heterocycles. The quantitative estimate of drug-likeness (QED) is 0.362. The number of hydrogen-bond acceptors (Lipinski definition) is 7. The fraction of sp³-hybridized carbons (Fsp3) is 0.350. The van der Waals surface area contributed by atoms with E-state index in [9.17, 15) is 4.79 Å². The first-order valence-corrected chi connectivity index (χ1v) is 11.5. The number of halogens is 1. The minimum absolute atomic E-state index is 0.0242. The lowest BCUT2D eigenvalue weighted by Gasteiger charge is -2.14. The average molecular weight is 450 g/mol.